The third-order valence-corrected chi connectivity index (χ3v) is 4.74. The molecule has 1 aliphatic heterocycles. The first-order valence-electron chi connectivity index (χ1n) is 5.02. The summed E-state index contributed by atoms with van der Waals surface area (Å²) in [6, 6.07) is 0. The van der Waals surface area contributed by atoms with E-state index in [-0.39, 0.29) is 6.54 Å². The van der Waals surface area contributed by atoms with Crippen LogP contribution in [0.3, 0.4) is 0 Å². The lowest BCUT2D eigenvalue weighted by atomic mass is 10.4. The smallest absolute Gasteiger partial charge is 0.319 e. The Bertz CT molecular complexity index is 355. The van der Waals surface area contributed by atoms with E-state index in [1.165, 1.54) is 11.4 Å². The van der Waals surface area contributed by atoms with Crippen LogP contribution >= 0.6 is 22.6 Å². The van der Waals surface area contributed by atoms with Crippen molar-refractivity contribution in [2.24, 2.45) is 0 Å². The summed E-state index contributed by atoms with van der Waals surface area (Å²) in [4.78, 5) is 11.1. The number of halogens is 1. The summed E-state index contributed by atoms with van der Waals surface area (Å²) in [6.45, 7) is 1.48. The molecular weight excluding hydrogens is 363 g/mol. The van der Waals surface area contributed by atoms with Crippen LogP contribution in [0.15, 0.2) is 0 Å². The highest BCUT2D eigenvalue weighted by Crippen LogP contribution is 2.05. The van der Waals surface area contributed by atoms with E-state index in [1.54, 1.807) is 0 Å². The number of methoxy groups -OCH3 is 1. The molecule has 7 nitrogen and oxygen atoms in total. The number of hydrogen-bond acceptors (Lipinski definition) is 5. The van der Waals surface area contributed by atoms with Crippen molar-refractivity contribution in [2.75, 3.05) is 40.0 Å². The zero-order valence-corrected chi connectivity index (χ0v) is 12.4. The summed E-state index contributed by atoms with van der Waals surface area (Å²) in [6.07, 6.45) is 0. The van der Waals surface area contributed by atoms with Crippen molar-refractivity contribution < 1.29 is 22.7 Å². The van der Waals surface area contributed by atoms with Gasteiger partial charge in [0.1, 0.15) is 3.92 Å². The van der Waals surface area contributed by atoms with Crippen LogP contribution in [-0.2, 0) is 24.5 Å². The van der Waals surface area contributed by atoms with E-state index in [9.17, 15) is 13.2 Å². The Labute approximate surface area is 114 Å². The van der Waals surface area contributed by atoms with Gasteiger partial charge in [0.05, 0.1) is 20.3 Å². The molecular formula is C8H15IN2O5S. The maximum Gasteiger partial charge on any atom is 0.319 e. The van der Waals surface area contributed by atoms with Crippen LogP contribution < -0.4 is 4.72 Å². The van der Waals surface area contributed by atoms with Crippen molar-refractivity contribution >= 4 is 38.8 Å². The van der Waals surface area contributed by atoms with Crippen molar-refractivity contribution in [1.29, 1.82) is 0 Å². The van der Waals surface area contributed by atoms with Gasteiger partial charge in [0.15, 0.2) is 0 Å². The molecule has 0 spiro atoms. The average Bonchev–Trinajstić information content (AvgIpc) is 2.36. The molecule has 1 rings (SSSR count). The van der Waals surface area contributed by atoms with Crippen molar-refractivity contribution in [2.45, 2.75) is 3.92 Å². The summed E-state index contributed by atoms with van der Waals surface area (Å²) in [7, 11) is -2.26. The van der Waals surface area contributed by atoms with E-state index in [2.05, 4.69) is 9.46 Å². The zero-order chi connectivity index (χ0) is 12.9. The second-order valence-corrected chi connectivity index (χ2v) is 6.61. The molecule has 1 aliphatic rings. The van der Waals surface area contributed by atoms with Gasteiger partial charge >= 0.3 is 5.97 Å². The Morgan fingerprint density at radius 3 is 2.65 bits per heavy atom. The number of carbonyl (C=O) groups is 1. The highest BCUT2D eigenvalue weighted by molar-refractivity contribution is 14.1. The SMILES string of the molecule is COC(=O)C(I)CNS(=O)(=O)N1CCOCC1. The van der Waals surface area contributed by atoms with Gasteiger partial charge in [-0.15, -0.1) is 0 Å². The lowest BCUT2D eigenvalue weighted by molar-refractivity contribution is -0.139. The maximum atomic E-state index is 11.8. The second-order valence-electron chi connectivity index (χ2n) is 3.36. The van der Waals surface area contributed by atoms with Gasteiger partial charge in [0.25, 0.3) is 10.2 Å². The Hall–Kier alpha value is 0.0300. The van der Waals surface area contributed by atoms with E-state index in [4.69, 9.17) is 4.74 Å². The second kappa shape index (κ2) is 6.83. The molecule has 1 unspecified atom stereocenters. The molecule has 0 amide bonds. The minimum absolute atomic E-state index is 0.0208. The number of alkyl halides is 1. The van der Waals surface area contributed by atoms with Crippen molar-refractivity contribution in [3.8, 4) is 0 Å². The third kappa shape index (κ3) is 4.66. The molecule has 1 atom stereocenters. The molecule has 9 heteroatoms. The first-order valence-corrected chi connectivity index (χ1v) is 7.70. The van der Waals surface area contributed by atoms with Gasteiger partial charge in [-0.2, -0.15) is 12.7 Å². The summed E-state index contributed by atoms with van der Waals surface area (Å²) in [5, 5.41) is 0. The predicted molar refractivity (Wildman–Crippen MR) is 69.1 cm³/mol. The molecule has 0 aromatic heterocycles. The highest BCUT2D eigenvalue weighted by Gasteiger charge is 2.26. The number of morpholine rings is 1. The van der Waals surface area contributed by atoms with E-state index in [0.29, 0.717) is 26.3 Å². The molecule has 0 saturated carbocycles. The number of nitrogens with one attached hydrogen (secondary N) is 1. The molecule has 0 aliphatic carbocycles. The van der Waals surface area contributed by atoms with Gasteiger partial charge in [0.2, 0.25) is 0 Å². The van der Waals surface area contributed by atoms with Crippen LogP contribution in [0.1, 0.15) is 0 Å². The van der Waals surface area contributed by atoms with Crippen molar-refractivity contribution in [3.05, 3.63) is 0 Å². The van der Waals surface area contributed by atoms with E-state index >= 15 is 0 Å². The first kappa shape index (κ1) is 15.1. The normalized spacial score (nSPS) is 19.9. The number of nitrogens with zero attached hydrogens (tertiary/aromatic N) is 1. The molecule has 17 heavy (non-hydrogen) atoms. The molecule has 1 fully saturated rings. The number of hydrogen-bond donors (Lipinski definition) is 1. The van der Waals surface area contributed by atoms with E-state index in [1.807, 2.05) is 22.6 Å². The number of rotatable bonds is 5. The molecule has 0 aromatic carbocycles. The fraction of sp³-hybridized carbons (Fsp3) is 0.875. The van der Waals surface area contributed by atoms with Gasteiger partial charge in [-0.25, -0.2) is 4.72 Å². The van der Waals surface area contributed by atoms with Crippen molar-refractivity contribution in [1.82, 2.24) is 9.03 Å². The molecule has 1 heterocycles. The summed E-state index contributed by atoms with van der Waals surface area (Å²) in [5.41, 5.74) is 0. The van der Waals surface area contributed by atoms with Gasteiger partial charge in [-0.05, 0) is 0 Å². The van der Waals surface area contributed by atoms with Gasteiger partial charge < -0.3 is 9.47 Å². The number of esters is 1. The monoisotopic (exact) mass is 378 g/mol. The zero-order valence-electron chi connectivity index (χ0n) is 9.39. The molecule has 1 saturated heterocycles. The fourth-order valence-corrected chi connectivity index (χ4v) is 3.23. The van der Waals surface area contributed by atoms with Crippen LogP contribution in [0.5, 0.6) is 0 Å². The maximum absolute atomic E-state index is 11.8. The molecule has 0 radical (unpaired) electrons. The van der Waals surface area contributed by atoms with E-state index < -0.39 is 20.1 Å². The average molecular weight is 378 g/mol. The molecule has 100 valence electrons. The Kier molecular flexibility index (Phi) is 6.06. The summed E-state index contributed by atoms with van der Waals surface area (Å²) >= 11 is 1.83. The standard InChI is InChI=1S/C8H15IN2O5S/c1-15-8(12)7(9)6-10-17(13,14)11-2-4-16-5-3-11/h7,10H,2-6H2,1H3. The van der Waals surface area contributed by atoms with E-state index in [0.717, 1.165) is 0 Å². The predicted octanol–water partition coefficient (Wildman–Crippen LogP) is -0.870. The fourth-order valence-electron chi connectivity index (χ4n) is 1.27. The molecule has 0 aromatic rings. The van der Waals surface area contributed by atoms with Crippen LogP contribution in [0.25, 0.3) is 0 Å². The highest BCUT2D eigenvalue weighted by atomic mass is 127. The Morgan fingerprint density at radius 1 is 1.53 bits per heavy atom. The molecule has 1 N–H and O–H groups in total. The van der Waals surface area contributed by atoms with Crippen LogP contribution in [0, 0.1) is 0 Å². The van der Waals surface area contributed by atoms with Gasteiger partial charge in [0, 0.05) is 19.6 Å². The quantitative estimate of drug-likeness (QED) is 0.382. The minimum atomic E-state index is -3.53. The van der Waals surface area contributed by atoms with Crippen LogP contribution in [0.2, 0.25) is 0 Å². The van der Waals surface area contributed by atoms with Crippen LogP contribution in [-0.4, -0.2) is 62.6 Å². The number of ether oxygens (including phenoxy) is 2. The van der Waals surface area contributed by atoms with Gasteiger partial charge in [-0.1, -0.05) is 22.6 Å². The molecule has 0 bridgehead atoms. The summed E-state index contributed by atoms with van der Waals surface area (Å²) < 4.78 is 36.3. The Balaban J connectivity index is 2.46. The lowest BCUT2D eigenvalue weighted by Crippen LogP contribution is -2.48. The minimum Gasteiger partial charge on any atom is -0.468 e. The Morgan fingerprint density at radius 2 is 2.12 bits per heavy atom. The van der Waals surface area contributed by atoms with Gasteiger partial charge in [-0.3, -0.25) is 4.79 Å². The third-order valence-electron chi connectivity index (χ3n) is 2.21. The largest absolute Gasteiger partial charge is 0.468 e. The lowest BCUT2D eigenvalue weighted by Gasteiger charge is -2.26. The first-order chi connectivity index (χ1) is 7.97. The topological polar surface area (TPSA) is 84.9 Å². The van der Waals surface area contributed by atoms with Crippen molar-refractivity contribution in [3.63, 3.8) is 0 Å². The summed E-state index contributed by atoms with van der Waals surface area (Å²) in [5.74, 6) is -0.449. The van der Waals surface area contributed by atoms with Crippen LogP contribution in [0.4, 0.5) is 0 Å². The number of carbonyl (C=O) groups excluding carboxylic acids is 1.